The van der Waals surface area contributed by atoms with Gasteiger partial charge in [-0.3, -0.25) is 0 Å². The van der Waals surface area contributed by atoms with Crippen molar-refractivity contribution in [2.45, 2.75) is 0 Å². The molecule has 48 heavy (non-hydrogen) atoms. The lowest BCUT2D eigenvalue weighted by Crippen LogP contribution is -2.00. The normalized spacial score (nSPS) is 10.4. The van der Waals surface area contributed by atoms with E-state index in [1.807, 2.05) is 91.0 Å². The zero-order valence-electron chi connectivity index (χ0n) is 25.1. The Kier molecular flexibility index (Phi) is 7.88. The summed E-state index contributed by atoms with van der Waals surface area (Å²) in [6.07, 6.45) is 4.85. The van der Waals surface area contributed by atoms with E-state index >= 15 is 0 Å². The third kappa shape index (κ3) is 6.09. The molecule has 0 N–H and O–H groups in total. The molecular weight excluding hydrogens is 594 g/mol. The van der Waals surface area contributed by atoms with Crippen LogP contribution in [0.4, 0.5) is 0 Å². The van der Waals surface area contributed by atoms with Crippen LogP contribution < -0.4 is 0 Å². The minimum atomic E-state index is 0.328. The van der Waals surface area contributed by atoms with E-state index in [2.05, 4.69) is 33.2 Å². The Morgan fingerprint density at radius 2 is 0.604 bits per heavy atom. The summed E-state index contributed by atoms with van der Waals surface area (Å²) in [7, 11) is 0. The molecule has 0 bridgehead atoms. The molecule has 0 saturated heterocycles. The third-order valence-electron chi connectivity index (χ3n) is 7.62. The fraction of sp³-hybridized carbons (Fsp3) is 0. The highest BCUT2D eigenvalue weighted by Gasteiger charge is 2.15. The molecule has 0 aliphatic heterocycles. The average Bonchev–Trinajstić information content (AvgIpc) is 3.18. The van der Waals surface area contributed by atoms with Crippen LogP contribution >= 0.6 is 0 Å². The highest BCUT2D eigenvalue weighted by molar-refractivity contribution is 5.76. The Labute approximate surface area is 275 Å². The Morgan fingerprint density at radius 1 is 0.333 bits per heavy atom. The number of nitrogens with zero attached hydrogens (tertiary/aromatic N) is 9. The van der Waals surface area contributed by atoms with Crippen molar-refractivity contribution in [3.05, 3.63) is 145 Å². The van der Waals surface area contributed by atoms with E-state index in [1.165, 1.54) is 0 Å². The van der Waals surface area contributed by atoms with Gasteiger partial charge in [0.25, 0.3) is 0 Å². The molecule has 9 nitrogen and oxygen atoms in total. The lowest BCUT2D eigenvalue weighted by molar-refractivity contribution is 1.07. The largest absolute Gasteiger partial charge is 0.246 e. The van der Waals surface area contributed by atoms with E-state index in [4.69, 9.17) is 15.0 Å². The second kappa shape index (κ2) is 12.9. The van der Waals surface area contributed by atoms with Crippen molar-refractivity contribution in [1.29, 1.82) is 15.8 Å². The molecule has 3 aromatic carbocycles. The van der Waals surface area contributed by atoms with Crippen LogP contribution in [-0.2, 0) is 0 Å². The topological polar surface area (TPSA) is 149 Å². The number of benzene rings is 3. The summed E-state index contributed by atoms with van der Waals surface area (Å²) in [6, 6.07) is 40.5. The van der Waals surface area contributed by atoms with Gasteiger partial charge in [-0.1, -0.05) is 54.6 Å². The first-order valence-corrected chi connectivity index (χ1v) is 14.8. The smallest absolute Gasteiger partial charge is 0.164 e. The first kappa shape index (κ1) is 29.3. The molecule has 0 saturated carbocycles. The minimum absolute atomic E-state index is 0.328. The molecule has 9 heteroatoms. The molecule has 4 aromatic heterocycles. The van der Waals surface area contributed by atoms with E-state index in [1.54, 1.807) is 36.8 Å². The maximum absolute atomic E-state index is 9.38. The standard InChI is InChI=1S/C39H21N9/c40-22-34-19-28(10-13-43-34)25-4-1-7-31(16-25)37-46-38(32-8-2-5-26(17-32)29-11-14-44-35(20-29)23-41)48-39(47-37)33-9-3-6-27(18-33)30-12-15-45-36(21-30)24-42/h1-21H. The van der Waals surface area contributed by atoms with Crippen LogP contribution in [0.3, 0.4) is 0 Å². The van der Waals surface area contributed by atoms with Gasteiger partial charge >= 0.3 is 0 Å². The molecular formula is C39H21N9. The monoisotopic (exact) mass is 615 g/mol. The zero-order valence-corrected chi connectivity index (χ0v) is 25.1. The van der Waals surface area contributed by atoms with Crippen molar-refractivity contribution in [3.8, 4) is 85.8 Å². The number of rotatable bonds is 6. The van der Waals surface area contributed by atoms with Gasteiger partial charge in [0.15, 0.2) is 17.5 Å². The molecule has 0 spiro atoms. The summed E-state index contributed by atoms with van der Waals surface area (Å²) in [6.45, 7) is 0. The van der Waals surface area contributed by atoms with Crippen molar-refractivity contribution in [1.82, 2.24) is 29.9 Å². The molecule has 0 amide bonds. The Balaban J connectivity index is 1.38. The summed E-state index contributed by atoms with van der Waals surface area (Å²) in [5.74, 6) is 1.40. The van der Waals surface area contributed by atoms with E-state index in [0.29, 0.717) is 34.6 Å². The lowest BCUT2D eigenvalue weighted by Gasteiger charge is -2.11. The van der Waals surface area contributed by atoms with E-state index < -0.39 is 0 Å². The molecule has 0 aliphatic carbocycles. The number of nitriles is 3. The van der Waals surface area contributed by atoms with Gasteiger partial charge in [0.2, 0.25) is 0 Å². The first-order chi connectivity index (χ1) is 23.6. The predicted octanol–water partition coefficient (Wildman–Crippen LogP) is 7.67. The lowest BCUT2D eigenvalue weighted by atomic mass is 10.0. The van der Waals surface area contributed by atoms with Crippen LogP contribution in [0.25, 0.3) is 67.5 Å². The zero-order chi connectivity index (χ0) is 32.9. The Morgan fingerprint density at radius 3 is 0.896 bits per heavy atom. The molecule has 0 unspecified atom stereocenters. The van der Waals surface area contributed by atoms with E-state index in [-0.39, 0.29) is 0 Å². The van der Waals surface area contributed by atoms with Gasteiger partial charge in [-0.25, -0.2) is 29.9 Å². The van der Waals surface area contributed by atoms with Crippen molar-refractivity contribution in [2.75, 3.05) is 0 Å². The third-order valence-corrected chi connectivity index (χ3v) is 7.62. The fourth-order valence-electron chi connectivity index (χ4n) is 5.29. The van der Waals surface area contributed by atoms with E-state index in [0.717, 1.165) is 50.1 Å². The molecule has 0 aliphatic rings. The van der Waals surface area contributed by atoms with Crippen LogP contribution in [0, 0.1) is 34.0 Å². The summed E-state index contributed by atoms with van der Waals surface area (Å²) >= 11 is 0. The molecule has 0 atom stereocenters. The van der Waals surface area contributed by atoms with Crippen LogP contribution in [0.1, 0.15) is 17.1 Å². The number of aromatic nitrogens is 6. The van der Waals surface area contributed by atoms with Crippen molar-refractivity contribution < 1.29 is 0 Å². The molecule has 0 fully saturated rings. The van der Waals surface area contributed by atoms with Crippen LogP contribution in [0.2, 0.25) is 0 Å². The number of pyridine rings is 3. The van der Waals surface area contributed by atoms with Gasteiger partial charge in [0.05, 0.1) is 0 Å². The number of hydrogen-bond acceptors (Lipinski definition) is 9. The summed E-state index contributed by atoms with van der Waals surface area (Å²) in [5.41, 5.74) is 8.48. The quantitative estimate of drug-likeness (QED) is 0.184. The van der Waals surface area contributed by atoms with Gasteiger partial charge in [-0.05, 0) is 88.0 Å². The molecule has 4 heterocycles. The van der Waals surface area contributed by atoms with Gasteiger partial charge in [0.1, 0.15) is 35.3 Å². The van der Waals surface area contributed by atoms with Crippen molar-refractivity contribution >= 4 is 0 Å². The second-order valence-corrected chi connectivity index (χ2v) is 10.7. The summed E-state index contributed by atoms with van der Waals surface area (Å²) in [5, 5.41) is 28.1. The van der Waals surface area contributed by atoms with Gasteiger partial charge < -0.3 is 0 Å². The molecule has 7 aromatic rings. The van der Waals surface area contributed by atoms with Crippen LogP contribution in [-0.4, -0.2) is 29.9 Å². The highest BCUT2D eigenvalue weighted by atomic mass is 15.0. The van der Waals surface area contributed by atoms with Crippen LogP contribution in [0.5, 0.6) is 0 Å². The molecule has 0 radical (unpaired) electrons. The Hall–Kier alpha value is -7.41. The average molecular weight is 616 g/mol. The van der Waals surface area contributed by atoms with Gasteiger partial charge in [-0.2, -0.15) is 15.8 Å². The van der Waals surface area contributed by atoms with Gasteiger partial charge in [0, 0.05) is 35.3 Å². The molecule has 222 valence electrons. The predicted molar refractivity (Wildman–Crippen MR) is 180 cm³/mol. The number of hydrogen-bond donors (Lipinski definition) is 0. The van der Waals surface area contributed by atoms with E-state index in [9.17, 15) is 15.8 Å². The molecule has 7 rings (SSSR count). The highest BCUT2D eigenvalue weighted by Crippen LogP contribution is 2.31. The fourth-order valence-corrected chi connectivity index (χ4v) is 5.29. The maximum atomic E-state index is 9.38. The van der Waals surface area contributed by atoms with Crippen LogP contribution in [0.15, 0.2) is 128 Å². The Bertz CT molecular complexity index is 2180. The van der Waals surface area contributed by atoms with Crippen molar-refractivity contribution in [3.63, 3.8) is 0 Å². The van der Waals surface area contributed by atoms with Crippen molar-refractivity contribution in [2.24, 2.45) is 0 Å². The summed E-state index contributed by atoms with van der Waals surface area (Å²) < 4.78 is 0. The SMILES string of the molecule is N#Cc1cc(-c2cccc(-c3nc(-c4cccc(-c5ccnc(C#N)c5)c4)nc(-c4cccc(-c5ccnc(C#N)c5)c4)n3)c2)ccn1. The second-order valence-electron chi connectivity index (χ2n) is 10.7. The summed E-state index contributed by atoms with van der Waals surface area (Å²) in [4.78, 5) is 27.1. The minimum Gasteiger partial charge on any atom is -0.246 e. The first-order valence-electron chi connectivity index (χ1n) is 14.8. The van der Waals surface area contributed by atoms with Gasteiger partial charge in [-0.15, -0.1) is 0 Å². The maximum Gasteiger partial charge on any atom is 0.164 e.